The third kappa shape index (κ3) is 5.79. The van der Waals surface area contributed by atoms with Crippen LogP contribution in [0, 0.1) is 5.92 Å². The van der Waals surface area contributed by atoms with E-state index in [1.807, 2.05) is 18.2 Å². The lowest BCUT2D eigenvalue weighted by Gasteiger charge is -2.39. The fourth-order valence-electron chi connectivity index (χ4n) is 4.16. The Bertz CT molecular complexity index is 536. The molecule has 2 aliphatic rings. The van der Waals surface area contributed by atoms with Gasteiger partial charge in [-0.05, 0) is 63.7 Å². The summed E-state index contributed by atoms with van der Waals surface area (Å²) in [5.41, 5.74) is 0.909. The second-order valence-electron chi connectivity index (χ2n) is 7.68. The summed E-state index contributed by atoms with van der Waals surface area (Å²) in [5, 5.41) is 3.00. The van der Waals surface area contributed by atoms with E-state index < -0.39 is 0 Å². The number of piperidine rings is 2. The Hall–Kier alpha value is -1.46. The monoisotopic (exact) mass is 344 g/mol. The Balaban J connectivity index is 1.41. The Morgan fingerprint density at radius 1 is 1.24 bits per heavy atom. The first-order valence-electron chi connectivity index (χ1n) is 9.83. The van der Waals surface area contributed by atoms with E-state index in [0.717, 1.165) is 24.8 Å². The molecule has 138 valence electrons. The highest BCUT2D eigenvalue weighted by Crippen LogP contribution is 2.22. The van der Waals surface area contributed by atoms with E-state index in [-0.39, 0.29) is 5.91 Å². The topological polar surface area (TPSA) is 48.5 Å². The number of hydrogen-bond donors (Lipinski definition) is 1. The summed E-state index contributed by atoms with van der Waals surface area (Å²) < 4.78 is 0. The lowest BCUT2D eigenvalue weighted by atomic mass is 9.95. The van der Waals surface area contributed by atoms with Crippen LogP contribution < -0.4 is 5.32 Å². The maximum absolute atomic E-state index is 12.2. The predicted molar refractivity (Wildman–Crippen MR) is 100 cm³/mol. The predicted octanol–water partition coefficient (Wildman–Crippen LogP) is 2.28. The number of carbonyl (C=O) groups excluding carboxylic acids is 1. The van der Waals surface area contributed by atoms with Gasteiger partial charge in [-0.3, -0.25) is 14.7 Å². The first-order chi connectivity index (χ1) is 12.2. The van der Waals surface area contributed by atoms with Gasteiger partial charge in [0.15, 0.2) is 0 Å². The van der Waals surface area contributed by atoms with Crippen LogP contribution in [0.4, 0.5) is 0 Å². The Morgan fingerprint density at radius 3 is 2.96 bits per heavy atom. The van der Waals surface area contributed by atoms with E-state index in [4.69, 9.17) is 0 Å². The quantitative estimate of drug-likeness (QED) is 0.860. The van der Waals surface area contributed by atoms with Gasteiger partial charge in [-0.15, -0.1) is 0 Å². The van der Waals surface area contributed by atoms with Crippen molar-refractivity contribution in [2.45, 2.75) is 51.6 Å². The van der Waals surface area contributed by atoms with Crippen molar-refractivity contribution in [2.75, 3.05) is 32.7 Å². The number of nitrogens with zero attached hydrogens (tertiary/aromatic N) is 3. The molecule has 1 N–H and O–H groups in total. The van der Waals surface area contributed by atoms with Crippen LogP contribution in [0.15, 0.2) is 24.4 Å². The SMILES string of the molecule is C[C@@H]1CCCCN1C[C@@H]1CCCN(CC(=O)NCc2ccccn2)C1. The van der Waals surface area contributed by atoms with Crippen molar-refractivity contribution in [1.29, 1.82) is 0 Å². The molecule has 2 fully saturated rings. The van der Waals surface area contributed by atoms with Gasteiger partial charge in [-0.2, -0.15) is 0 Å². The largest absolute Gasteiger partial charge is 0.349 e. The Labute approximate surface area is 151 Å². The van der Waals surface area contributed by atoms with Gasteiger partial charge in [0, 0.05) is 25.3 Å². The zero-order valence-electron chi connectivity index (χ0n) is 15.5. The van der Waals surface area contributed by atoms with Crippen LogP contribution in [0.3, 0.4) is 0 Å². The van der Waals surface area contributed by atoms with E-state index in [2.05, 4.69) is 27.0 Å². The molecule has 2 atom stereocenters. The minimum absolute atomic E-state index is 0.109. The number of aromatic nitrogens is 1. The molecule has 0 aromatic carbocycles. The molecular weight excluding hydrogens is 312 g/mol. The highest BCUT2D eigenvalue weighted by Gasteiger charge is 2.26. The molecule has 2 aliphatic heterocycles. The second kappa shape index (κ2) is 9.30. The maximum atomic E-state index is 12.2. The Kier molecular flexibility index (Phi) is 6.82. The summed E-state index contributed by atoms with van der Waals surface area (Å²) in [6.45, 7) is 7.95. The first-order valence-corrected chi connectivity index (χ1v) is 9.83. The molecule has 0 bridgehead atoms. The fourth-order valence-corrected chi connectivity index (χ4v) is 4.16. The second-order valence-corrected chi connectivity index (χ2v) is 7.68. The number of likely N-dealkylation sites (tertiary alicyclic amines) is 2. The van der Waals surface area contributed by atoms with Crippen LogP contribution in [0.2, 0.25) is 0 Å². The van der Waals surface area contributed by atoms with E-state index in [1.54, 1.807) is 6.20 Å². The maximum Gasteiger partial charge on any atom is 0.234 e. The summed E-state index contributed by atoms with van der Waals surface area (Å²) in [5.74, 6) is 0.815. The van der Waals surface area contributed by atoms with Crippen LogP contribution >= 0.6 is 0 Å². The average Bonchev–Trinajstić information content (AvgIpc) is 2.63. The van der Waals surface area contributed by atoms with Gasteiger partial charge in [0.2, 0.25) is 5.91 Å². The summed E-state index contributed by atoms with van der Waals surface area (Å²) >= 11 is 0. The van der Waals surface area contributed by atoms with Gasteiger partial charge in [0.05, 0.1) is 18.8 Å². The zero-order valence-corrected chi connectivity index (χ0v) is 15.5. The van der Waals surface area contributed by atoms with Gasteiger partial charge in [0.1, 0.15) is 0 Å². The number of hydrogen-bond acceptors (Lipinski definition) is 4. The molecular formula is C20H32N4O. The summed E-state index contributed by atoms with van der Waals surface area (Å²) in [7, 11) is 0. The van der Waals surface area contributed by atoms with E-state index in [9.17, 15) is 4.79 Å². The molecule has 3 heterocycles. The number of amides is 1. The van der Waals surface area contributed by atoms with Gasteiger partial charge < -0.3 is 10.2 Å². The molecule has 1 aromatic rings. The molecule has 5 nitrogen and oxygen atoms in total. The van der Waals surface area contributed by atoms with Crippen molar-refractivity contribution in [3.05, 3.63) is 30.1 Å². The molecule has 0 aliphatic carbocycles. The van der Waals surface area contributed by atoms with Gasteiger partial charge in [-0.25, -0.2) is 0 Å². The van der Waals surface area contributed by atoms with E-state index in [0.29, 0.717) is 19.0 Å². The van der Waals surface area contributed by atoms with Crippen molar-refractivity contribution < 1.29 is 4.79 Å². The summed E-state index contributed by atoms with van der Waals surface area (Å²) in [6.07, 6.45) is 8.34. The van der Waals surface area contributed by atoms with Crippen molar-refractivity contribution in [3.8, 4) is 0 Å². The molecule has 5 heteroatoms. The van der Waals surface area contributed by atoms with Gasteiger partial charge in [0.25, 0.3) is 0 Å². The number of rotatable bonds is 6. The van der Waals surface area contributed by atoms with Crippen molar-refractivity contribution in [3.63, 3.8) is 0 Å². The fraction of sp³-hybridized carbons (Fsp3) is 0.700. The molecule has 0 unspecified atom stereocenters. The average molecular weight is 345 g/mol. The highest BCUT2D eigenvalue weighted by atomic mass is 16.2. The van der Waals surface area contributed by atoms with E-state index >= 15 is 0 Å². The number of carbonyl (C=O) groups is 1. The molecule has 0 radical (unpaired) electrons. The van der Waals surface area contributed by atoms with E-state index in [1.165, 1.54) is 45.2 Å². The molecule has 1 aromatic heterocycles. The molecule has 2 saturated heterocycles. The van der Waals surface area contributed by atoms with Crippen molar-refractivity contribution >= 4 is 5.91 Å². The smallest absolute Gasteiger partial charge is 0.234 e. The molecule has 3 rings (SSSR count). The van der Waals surface area contributed by atoms with Crippen molar-refractivity contribution in [2.24, 2.45) is 5.92 Å². The lowest BCUT2D eigenvalue weighted by Crippen LogP contribution is -2.47. The Morgan fingerprint density at radius 2 is 2.16 bits per heavy atom. The molecule has 0 spiro atoms. The standard InChI is InChI=1S/C20H32N4O/c1-17-7-3-5-12-24(17)15-18-8-6-11-23(14-18)16-20(25)22-13-19-9-2-4-10-21-19/h2,4,9-10,17-18H,3,5-8,11-16H2,1H3,(H,22,25)/t17-,18-/m1/s1. The minimum atomic E-state index is 0.109. The third-order valence-electron chi connectivity index (χ3n) is 5.60. The highest BCUT2D eigenvalue weighted by molar-refractivity contribution is 5.77. The normalized spacial score (nSPS) is 25.6. The summed E-state index contributed by atoms with van der Waals surface area (Å²) in [4.78, 5) is 21.5. The van der Waals surface area contributed by atoms with Crippen LogP contribution in [-0.2, 0) is 11.3 Å². The third-order valence-corrected chi connectivity index (χ3v) is 5.60. The van der Waals surface area contributed by atoms with Crippen LogP contribution in [0.25, 0.3) is 0 Å². The zero-order chi connectivity index (χ0) is 17.5. The first kappa shape index (κ1) is 18.3. The van der Waals surface area contributed by atoms with Crippen LogP contribution in [0.1, 0.15) is 44.7 Å². The molecule has 0 saturated carbocycles. The summed E-state index contributed by atoms with van der Waals surface area (Å²) in [6, 6.07) is 6.51. The number of pyridine rings is 1. The molecule has 1 amide bonds. The van der Waals surface area contributed by atoms with Crippen LogP contribution in [-0.4, -0.2) is 59.5 Å². The number of nitrogens with one attached hydrogen (secondary N) is 1. The molecule has 25 heavy (non-hydrogen) atoms. The van der Waals surface area contributed by atoms with Gasteiger partial charge >= 0.3 is 0 Å². The minimum Gasteiger partial charge on any atom is -0.349 e. The van der Waals surface area contributed by atoms with Crippen molar-refractivity contribution in [1.82, 2.24) is 20.1 Å². The lowest BCUT2D eigenvalue weighted by molar-refractivity contribution is -0.122. The van der Waals surface area contributed by atoms with Crippen LogP contribution in [0.5, 0.6) is 0 Å². The van der Waals surface area contributed by atoms with Gasteiger partial charge in [-0.1, -0.05) is 12.5 Å².